The zero-order valence-electron chi connectivity index (χ0n) is 17.7. The first-order valence-electron chi connectivity index (χ1n) is 10.3. The van der Waals surface area contributed by atoms with Crippen molar-refractivity contribution < 1.29 is 26.4 Å². The highest BCUT2D eigenvalue weighted by Gasteiger charge is 2.30. The molecular weight excluding hydrogens is 443 g/mol. The Morgan fingerprint density at radius 3 is 2.38 bits per heavy atom. The smallest absolute Gasteiger partial charge is 0.325 e. The maximum Gasteiger partial charge on any atom is 0.416 e. The normalized spacial score (nSPS) is 17.8. The van der Waals surface area contributed by atoms with Crippen LogP contribution in [0.1, 0.15) is 24.0 Å². The molecule has 1 atom stereocenters. The van der Waals surface area contributed by atoms with E-state index in [1.165, 1.54) is 12.1 Å². The van der Waals surface area contributed by atoms with Crippen molar-refractivity contribution in [1.82, 2.24) is 9.62 Å². The third-order valence-electron chi connectivity index (χ3n) is 5.36. The van der Waals surface area contributed by atoms with Crippen LogP contribution < -0.4 is 10.0 Å². The molecule has 2 aromatic carbocycles. The van der Waals surface area contributed by atoms with Gasteiger partial charge in [-0.05, 0) is 68.6 Å². The van der Waals surface area contributed by atoms with Gasteiger partial charge in [-0.1, -0.05) is 17.7 Å². The van der Waals surface area contributed by atoms with Crippen LogP contribution in [0.3, 0.4) is 0 Å². The number of likely N-dealkylation sites (tertiary alicyclic amines) is 1. The van der Waals surface area contributed by atoms with E-state index in [4.69, 9.17) is 0 Å². The number of nitrogens with one attached hydrogen (secondary N) is 2. The molecule has 1 fully saturated rings. The van der Waals surface area contributed by atoms with E-state index >= 15 is 0 Å². The molecule has 3 rings (SSSR count). The van der Waals surface area contributed by atoms with Gasteiger partial charge in [0.1, 0.15) is 0 Å². The third kappa shape index (κ3) is 6.78. The maximum absolute atomic E-state index is 12.6. The second-order valence-electron chi connectivity index (χ2n) is 8.03. The van der Waals surface area contributed by atoms with Crippen LogP contribution in [-0.2, 0) is 21.0 Å². The number of anilines is 1. The van der Waals surface area contributed by atoms with Crippen LogP contribution in [-0.4, -0.2) is 45.4 Å². The first kappa shape index (κ1) is 24.2. The van der Waals surface area contributed by atoms with Gasteiger partial charge < -0.3 is 5.32 Å². The molecule has 1 amide bonds. The van der Waals surface area contributed by atoms with Crippen molar-refractivity contribution in [3.63, 3.8) is 0 Å². The second kappa shape index (κ2) is 10.0. The molecule has 1 saturated heterocycles. The largest absolute Gasteiger partial charge is 0.416 e. The number of benzene rings is 2. The number of halogens is 3. The number of sulfonamides is 1. The van der Waals surface area contributed by atoms with E-state index in [2.05, 4.69) is 10.0 Å². The molecule has 0 bridgehead atoms. The lowest BCUT2D eigenvalue weighted by molar-refractivity contribution is -0.137. The predicted molar refractivity (Wildman–Crippen MR) is 116 cm³/mol. The highest BCUT2D eigenvalue weighted by molar-refractivity contribution is 7.89. The summed E-state index contributed by atoms with van der Waals surface area (Å²) >= 11 is 0. The summed E-state index contributed by atoms with van der Waals surface area (Å²) in [6.07, 6.45) is -2.76. The van der Waals surface area contributed by atoms with Crippen LogP contribution in [0, 0.1) is 12.8 Å². The summed E-state index contributed by atoms with van der Waals surface area (Å²) in [5.41, 5.74) is 0.492. The minimum absolute atomic E-state index is 0.0582. The van der Waals surface area contributed by atoms with Crippen molar-refractivity contribution in [3.05, 3.63) is 59.7 Å². The Morgan fingerprint density at radius 1 is 1.09 bits per heavy atom. The van der Waals surface area contributed by atoms with Gasteiger partial charge in [0.25, 0.3) is 0 Å². The number of carbonyl (C=O) groups excluding carboxylic acids is 1. The quantitative estimate of drug-likeness (QED) is 0.649. The van der Waals surface area contributed by atoms with Gasteiger partial charge in [0.15, 0.2) is 0 Å². The molecule has 1 unspecified atom stereocenters. The van der Waals surface area contributed by atoms with Gasteiger partial charge in [0.2, 0.25) is 15.9 Å². The summed E-state index contributed by atoms with van der Waals surface area (Å²) < 4.78 is 65.5. The monoisotopic (exact) mass is 469 g/mol. The lowest BCUT2D eigenvalue weighted by Gasteiger charge is -2.32. The van der Waals surface area contributed by atoms with Crippen molar-refractivity contribution in [1.29, 1.82) is 0 Å². The van der Waals surface area contributed by atoms with E-state index in [1.807, 2.05) is 11.8 Å². The van der Waals surface area contributed by atoms with E-state index in [0.717, 1.165) is 30.5 Å². The third-order valence-corrected chi connectivity index (χ3v) is 6.80. The van der Waals surface area contributed by atoms with Crippen LogP contribution in [0.2, 0.25) is 0 Å². The lowest BCUT2D eigenvalue weighted by atomic mass is 9.98. The fraction of sp³-hybridized carbons (Fsp3) is 0.409. The molecule has 1 aliphatic heterocycles. The molecule has 6 nitrogen and oxygen atoms in total. The number of nitrogens with zero attached hydrogens (tertiary/aromatic N) is 1. The highest BCUT2D eigenvalue weighted by atomic mass is 32.2. The number of alkyl halides is 3. The fourth-order valence-corrected chi connectivity index (χ4v) is 4.75. The molecule has 0 saturated carbocycles. The van der Waals surface area contributed by atoms with Gasteiger partial charge in [0.05, 0.1) is 17.0 Å². The number of aryl methyl sites for hydroxylation is 1. The molecule has 0 aliphatic carbocycles. The van der Waals surface area contributed by atoms with E-state index in [9.17, 15) is 26.4 Å². The van der Waals surface area contributed by atoms with Gasteiger partial charge in [0, 0.05) is 18.8 Å². The number of hydrogen-bond acceptors (Lipinski definition) is 4. The summed E-state index contributed by atoms with van der Waals surface area (Å²) in [7, 11) is -3.60. The Morgan fingerprint density at radius 2 is 1.75 bits per heavy atom. The standard InChI is InChI=1S/C22H26F3N3O3S/c1-16-4-10-20(11-5-16)32(30,31)26-13-17-3-2-12-28(14-17)15-21(29)27-19-8-6-18(7-9-19)22(23,24)25/h4-11,17,26H,2-3,12-15H2,1H3,(H,27,29). The molecule has 0 aromatic heterocycles. The SMILES string of the molecule is Cc1ccc(S(=O)(=O)NCC2CCCN(CC(=O)Nc3ccc(C(F)(F)F)cc3)C2)cc1. The van der Waals surface area contributed by atoms with Gasteiger partial charge in [-0.15, -0.1) is 0 Å². The molecule has 1 aliphatic rings. The van der Waals surface area contributed by atoms with Crippen LogP contribution >= 0.6 is 0 Å². The zero-order chi connectivity index (χ0) is 23.4. The first-order chi connectivity index (χ1) is 15.0. The second-order valence-corrected chi connectivity index (χ2v) is 9.80. The Hall–Kier alpha value is -2.43. The minimum Gasteiger partial charge on any atom is -0.325 e. The Labute approximate surface area is 185 Å². The van der Waals surface area contributed by atoms with Crippen molar-refractivity contribution in [2.45, 2.75) is 30.8 Å². The van der Waals surface area contributed by atoms with Gasteiger partial charge in [-0.3, -0.25) is 9.69 Å². The van der Waals surface area contributed by atoms with Crippen LogP contribution in [0.5, 0.6) is 0 Å². The molecule has 2 aromatic rings. The van der Waals surface area contributed by atoms with E-state index in [1.54, 1.807) is 24.3 Å². The summed E-state index contributed by atoms with van der Waals surface area (Å²) in [6, 6.07) is 10.9. The summed E-state index contributed by atoms with van der Waals surface area (Å²) in [4.78, 5) is 14.5. The summed E-state index contributed by atoms with van der Waals surface area (Å²) in [5, 5.41) is 2.61. The predicted octanol–water partition coefficient (Wildman–Crippen LogP) is 3.64. The molecule has 174 valence electrons. The minimum atomic E-state index is -4.42. The maximum atomic E-state index is 12.6. The number of rotatable bonds is 7. The van der Waals surface area contributed by atoms with E-state index < -0.39 is 21.8 Å². The van der Waals surface area contributed by atoms with Crippen LogP contribution in [0.4, 0.5) is 18.9 Å². The summed E-state index contributed by atoms with van der Waals surface area (Å²) in [5.74, 6) is -0.270. The van der Waals surface area contributed by atoms with E-state index in [-0.39, 0.29) is 29.8 Å². The highest BCUT2D eigenvalue weighted by Crippen LogP contribution is 2.29. The average molecular weight is 470 g/mol. The number of hydrogen-bond donors (Lipinski definition) is 2. The van der Waals surface area contributed by atoms with Gasteiger partial charge in [-0.25, -0.2) is 13.1 Å². The van der Waals surface area contributed by atoms with Crippen LogP contribution in [0.15, 0.2) is 53.4 Å². The number of carbonyl (C=O) groups is 1. The molecule has 32 heavy (non-hydrogen) atoms. The Bertz CT molecular complexity index is 1020. The fourth-order valence-electron chi connectivity index (χ4n) is 3.64. The topological polar surface area (TPSA) is 78.5 Å². The molecule has 10 heteroatoms. The Balaban J connectivity index is 1.49. The number of piperidine rings is 1. The van der Waals surface area contributed by atoms with Crippen LogP contribution in [0.25, 0.3) is 0 Å². The Kier molecular flexibility index (Phi) is 7.58. The van der Waals surface area contributed by atoms with Crippen molar-refractivity contribution in [2.24, 2.45) is 5.92 Å². The van der Waals surface area contributed by atoms with Gasteiger partial charge in [-0.2, -0.15) is 13.2 Å². The molecule has 2 N–H and O–H groups in total. The molecular formula is C22H26F3N3O3S. The zero-order valence-corrected chi connectivity index (χ0v) is 18.5. The lowest BCUT2D eigenvalue weighted by Crippen LogP contribution is -2.43. The van der Waals surface area contributed by atoms with Gasteiger partial charge >= 0.3 is 6.18 Å². The van der Waals surface area contributed by atoms with Crippen molar-refractivity contribution >= 4 is 21.6 Å². The average Bonchev–Trinajstić information content (AvgIpc) is 2.73. The van der Waals surface area contributed by atoms with E-state index in [0.29, 0.717) is 18.8 Å². The van der Waals surface area contributed by atoms with Crippen molar-refractivity contribution in [2.75, 3.05) is 31.5 Å². The molecule has 0 spiro atoms. The molecule has 0 radical (unpaired) electrons. The summed E-state index contributed by atoms with van der Waals surface area (Å²) in [6.45, 7) is 3.49. The van der Waals surface area contributed by atoms with Crippen molar-refractivity contribution in [3.8, 4) is 0 Å². The first-order valence-corrected chi connectivity index (χ1v) is 11.8. The number of amides is 1. The molecule has 1 heterocycles.